The van der Waals surface area contributed by atoms with Crippen molar-refractivity contribution in [2.75, 3.05) is 49.2 Å². The molecule has 0 bridgehead atoms. The fourth-order valence-corrected chi connectivity index (χ4v) is 3.86. The second kappa shape index (κ2) is 9.89. The molecule has 30 heavy (non-hydrogen) atoms. The van der Waals surface area contributed by atoms with E-state index in [0.717, 1.165) is 60.8 Å². The number of nitrogen functional groups attached to an aromatic ring is 1. The van der Waals surface area contributed by atoms with Gasteiger partial charge in [-0.1, -0.05) is 25.8 Å². The lowest BCUT2D eigenvalue weighted by molar-refractivity contribution is -0.120. The highest BCUT2D eigenvalue weighted by molar-refractivity contribution is 5.95. The lowest BCUT2D eigenvalue weighted by Crippen LogP contribution is -2.48. The first-order valence-corrected chi connectivity index (χ1v) is 10.8. The molecule has 2 aromatic rings. The van der Waals surface area contributed by atoms with Gasteiger partial charge in [-0.15, -0.1) is 0 Å². The lowest BCUT2D eigenvalue weighted by Gasteiger charge is -2.32. The second-order valence-electron chi connectivity index (χ2n) is 8.20. The quantitative estimate of drug-likeness (QED) is 0.650. The molecule has 7 nitrogen and oxygen atoms in total. The molecule has 1 aliphatic rings. The van der Waals surface area contributed by atoms with Crippen LogP contribution in [0, 0.1) is 13.8 Å². The van der Waals surface area contributed by atoms with Crippen LogP contribution < -0.4 is 16.0 Å². The summed E-state index contributed by atoms with van der Waals surface area (Å²) in [7, 11) is 1.98. The molecule has 1 fully saturated rings. The van der Waals surface area contributed by atoms with E-state index < -0.39 is 0 Å². The Morgan fingerprint density at radius 2 is 1.97 bits per heavy atom. The molecular weight excluding hydrogens is 376 g/mol. The number of hydrogen-bond acceptors (Lipinski definition) is 6. The van der Waals surface area contributed by atoms with Crippen molar-refractivity contribution in [2.24, 2.45) is 0 Å². The molecule has 1 aromatic heterocycles. The van der Waals surface area contributed by atoms with Gasteiger partial charge in [-0.25, -0.2) is 4.98 Å². The number of hydrogen-bond donors (Lipinski definition) is 2. The van der Waals surface area contributed by atoms with E-state index in [4.69, 9.17) is 5.73 Å². The standard InChI is InChI=1S/C23H34N6O/c1-5-6-7-10-25-22-20(17(3)26-23(24)27-22)14-18-8-9-19(13-16(18)2)29-12-11-28(4)15-21(29)30/h8-9,13H,5-7,10-12,14-15H2,1-4H3,(H3,24,25,26,27). The fraction of sp³-hybridized carbons (Fsp3) is 0.522. The first kappa shape index (κ1) is 22.0. The van der Waals surface area contributed by atoms with E-state index >= 15 is 0 Å². The molecule has 1 amide bonds. The Bertz CT molecular complexity index is 898. The monoisotopic (exact) mass is 410 g/mol. The Labute approximate surface area is 179 Å². The van der Waals surface area contributed by atoms with E-state index in [2.05, 4.69) is 46.2 Å². The van der Waals surface area contributed by atoms with Gasteiger partial charge in [0.15, 0.2) is 0 Å². The van der Waals surface area contributed by atoms with Crippen molar-refractivity contribution in [1.29, 1.82) is 0 Å². The number of carbonyl (C=O) groups excluding carboxylic acids is 1. The van der Waals surface area contributed by atoms with Crippen molar-refractivity contribution in [1.82, 2.24) is 14.9 Å². The van der Waals surface area contributed by atoms with Crippen LogP contribution in [-0.2, 0) is 11.2 Å². The Hall–Kier alpha value is -2.67. The number of benzene rings is 1. The predicted molar refractivity (Wildman–Crippen MR) is 123 cm³/mol. The molecule has 0 saturated carbocycles. The third-order valence-electron chi connectivity index (χ3n) is 5.72. The van der Waals surface area contributed by atoms with Gasteiger partial charge in [0.05, 0.1) is 6.54 Å². The molecule has 3 rings (SSSR count). The molecular formula is C23H34N6O. The highest BCUT2D eigenvalue weighted by Crippen LogP contribution is 2.26. The first-order chi connectivity index (χ1) is 14.4. The highest BCUT2D eigenvalue weighted by Gasteiger charge is 2.23. The first-order valence-electron chi connectivity index (χ1n) is 10.8. The van der Waals surface area contributed by atoms with Crippen molar-refractivity contribution >= 4 is 23.4 Å². The summed E-state index contributed by atoms with van der Waals surface area (Å²) in [5.41, 5.74) is 11.2. The molecule has 1 aromatic carbocycles. The number of anilines is 3. The number of likely N-dealkylation sites (N-methyl/N-ethyl adjacent to an activating group) is 1. The van der Waals surface area contributed by atoms with Crippen molar-refractivity contribution in [2.45, 2.75) is 46.5 Å². The van der Waals surface area contributed by atoms with Gasteiger partial charge >= 0.3 is 0 Å². The Morgan fingerprint density at radius 3 is 2.67 bits per heavy atom. The number of unbranched alkanes of at least 4 members (excludes halogenated alkanes) is 2. The van der Waals surface area contributed by atoms with Crippen LogP contribution in [-0.4, -0.2) is 54.0 Å². The molecule has 0 spiro atoms. The maximum atomic E-state index is 12.4. The van der Waals surface area contributed by atoms with E-state index in [1.54, 1.807) is 0 Å². The highest BCUT2D eigenvalue weighted by atomic mass is 16.2. The van der Waals surface area contributed by atoms with Crippen molar-refractivity contribution in [3.63, 3.8) is 0 Å². The van der Waals surface area contributed by atoms with Gasteiger partial charge < -0.3 is 16.0 Å². The van der Waals surface area contributed by atoms with Gasteiger partial charge in [0.1, 0.15) is 5.82 Å². The summed E-state index contributed by atoms with van der Waals surface area (Å²) < 4.78 is 0. The minimum atomic E-state index is 0.150. The van der Waals surface area contributed by atoms with Crippen molar-refractivity contribution in [3.8, 4) is 0 Å². The van der Waals surface area contributed by atoms with Crippen LogP contribution in [0.4, 0.5) is 17.5 Å². The van der Waals surface area contributed by atoms with Gasteiger partial charge in [0.25, 0.3) is 0 Å². The average molecular weight is 411 g/mol. The van der Waals surface area contributed by atoms with E-state index in [-0.39, 0.29) is 5.91 Å². The smallest absolute Gasteiger partial charge is 0.241 e. The fourth-order valence-electron chi connectivity index (χ4n) is 3.86. The summed E-state index contributed by atoms with van der Waals surface area (Å²) in [4.78, 5) is 25.2. The number of piperazine rings is 1. The number of carbonyl (C=O) groups is 1. The number of rotatable bonds is 8. The zero-order chi connectivity index (χ0) is 21.7. The number of nitrogens with two attached hydrogens (primary N) is 1. The van der Waals surface area contributed by atoms with E-state index in [9.17, 15) is 4.79 Å². The number of nitrogens with one attached hydrogen (secondary N) is 1. The zero-order valence-electron chi connectivity index (χ0n) is 18.7. The van der Waals surface area contributed by atoms with Crippen LogP contribution in [0.15, 0.2) is 18.2 Å². The number of aryl methyl sites for hydroxylation is 2. The van der Waals surface area contributed by atoms with E-state index in [1.807, 2.05) is 24.9 Å². The summed E-state index contributed by atoms with van der Waals surface area (Å²) in [5, 5.41) is 3.45. The molecule has 0 atom stereocenters. The summed E-state index contributed by atoms with van der Waals surface area (Å²) in [6.07, 6.45) is 4.20. The van der Waals surface area contributed by atoms with Crippen LogP contribution in [0.25, 0.3) is 0 Å². The zero-order valence-corrected chi connectivity index (χ0v) is 18.7. The van der Waals surface area contributed by atoms with Gasteiger partial charge in [-0.2, -0.15) is 4.98 Å². The van der Waals surface area contributed by atoms with Gasteiger partial charge in [-0.3, -0.25) is 9.69 Å². The van der Waals surface area contributed by atoms with Crippen molar-refractivity contribution in [3.05, 3.63) is 40.6 Å². The number of amides is 1. The SMILES string of the molecule is CCCCCNc1nc(N)nc(C)c1Cc1ccc(N2CCN(C)CC2=O)cc1C. The minimum absolute atomic E-state index is 0.150. The maximum absolute atomic E-state index is 12.4. The predicted octanol–water partition coefficient (Wildman–Crippen LogP) is 3.15. The molecule has 0 unspecified atom stereocenters. The summed E-state index contributed by atoms with van der Waals surface area (Å²) >= 11 is 0. The Balaban J connectivity index is 1.80. The minimum Gasteiger partial charge on any atom is -0.370 e. The molecule has 0 aliphatic carbocycles. The molecule has 2 heterocycles. The second-order valence-corrected chi connectivity index (χ2v) is 8.20. The van der Waals surface area contributed by atoms with Gasteiger partial charge in [-0.05, 0) is 50.6 Å². The third-order valence-corrected chi connectivity index (χ3v) is 5.72. The lowest BCUT2D eigenvalue weighted by atomic mass is 9.98. The van der Waals surface area contributed by atoms with Gasteiger partial charge in [0, 0.05) is 43.0 Å². The van der Waals surface area contributed by atoms with E-state index in [1.165, 1.54) is 18.4 Å². The molecule has 1 saturated heterocycles. The van der Waals surface area contributed by atoms with Crippen LogP contribution in [0.1, 0.15) is 48.6 Å². The maximum Gasteiger partial charge on any atom is 0.241 e. The normalized spacial score (nSPS) is 14.9. The molecule has 7 heteroatoms. The molecule has 3 N–H and O–H groups in total. The third kappa shape index (κ3) is 5.27. The van der Waals surface area contributed by atoms with E-state index in [0.29, 0.717) is 12.5 Å². The Morgan fingerprint density at radius 1 is 1.17 bits per heavy atom. The van der Waals surface area contributed by atoms with Gasteiger partial charge in [0.2, 0.25) is 11.9 Å². The average Bonchev–Trinajstić information content (AvgIpc) is 2.69. The Kier molecular flexibility index (Phi) is 7.26. The molecule has 0 radical (unpaired) electrons. The number of nitrogens with zero attached hydrogens (tertiary/aromatic N) is 4. The van der Waals surface area contributed by atoms with Crippen LogP contribution in [0.2, 0.25) is 0 Å². The molecule has 162 valence electrons. The number of aromatic nitrogens is 2. The largest absolute Gasteiger partial charge is 0.370 e. The summed E-state index contributed by atoms with van der Waals surface area (Å²) in [6.45, 7) is 9.24. The topological polar surface area (TPSA) is 87.4 Å². The van der Waals surface area contributed by atoms with Crippen molar-refractivity contribution < 1.29 is 4.79 Å². The summed E-state index contributed by atoms with van der Waals surface area (Å²) in [5.74, 6) is 1.28. The van der Waals surface area contributed by atoms with Crippen LogP contribution >= 0.6 is 0 Å². The van der Waals surface area contributed by atoms with Crippen LogP contribution in [0.3, 0.4) is 0 Å². The molecule has 1 aliphatic heterocycles. The summed E-state index contributed by atoms with van der Waals surface area (Å²) in [6, 6.07) is 6.28. The van der Waals surface area contributed by atoms with Crippen LogP contribution in [0.5, 0.6) is 0 Å².